The number of ether oxygens (including phenoxy) is 1. The van der Waals surface area contributed by atoms with E-state index < -0.39 is 18.0 Å². The van der Waals surface area contributed by atoms with Crippen LogP contribution in [0.15, 0.2) is 47.4 Å². The number of amides is 1. The van der Waals surface area contributed by atoms with Crippen LogP contribution in [0.1, 0.15) is 23.0 Å². The number of aromatic nitrogens is 2. The lowest BCUT2D eigenvalue weighted by Crippen LogP contribution is -2.28. The van der Waals surface area contributed by atoms with Gasteiger partial charge in [-0.2, -0.15) is 4.98 Å². The summed E-state index contributed by atoms with van der Waals surface area (Å²) in [5.74, 6) is -0.160. The lowest BCUT2D eigenvalue weighted by molar-refractivity contribution is -0.00600. The van der Waals surface area contributed by atoms with Gasteiger partial charge >= 0.3 is 5.69 Å². The Morgan fingerprint density at radius 1 is 1.38 bits per heavy atom. The van der Waals surface area contributed by atoms with E-state index in [9.17, 15) is 14.7 Å². The molecule has 0 spiro atoms. The van der Waals surface area contributed by atoms with Gasteiger partial charge in [0.25, 0.3) is 5.91 Å². The van der Waals surface area contributed by atoms with Gasteiger partial charge in [-0.05, 0) is 18.2 Å². The molecular weight excluding hydrogens is 425 g/mol. The Labute approximate surface area is 151 Å². The highest BCUT2D eigenvalue weighted by molar-refractivity contribution is 14.1. The lowest BCUT2D eigenvalue weighted by atomic mass is 10.2. The molecule has 126 valence electrons. The Hall–Kier alpha value is -1.78. The Morgan fingerprint density at radius 3 is 2.75 bits per heavy atom. The molecule has 1 aliphatic rings. The summed E-state index contributed by atoms with van der Waals surface area (Å²) in [5, 5.41) is 12.5. The van der Waals surface area contributed by atoms with E-state index in [2.05, 4.69) is 32.9 Å². The summed E-state index contributed by atoms with van der Waals surface area (Å²) in [7, 11) is 0. The number of aliphatic hydroxyl groups is 1. The molecular formula is C16H16IN3O4. The van der Waals surface area contributed by atoms with Crippen molar-refractivity contribution in [2.45, 2.75) is 24.9 Å². The van der Waals surface area contributed by atoms with Gasteiger partial charge in [-0.25, -0.2) is 4.79 Å². The minimum absolute atomic E-state index is 0.175. The minimum Gasteiger partial charge on any atom is -0.390 e. The van der Waals surface area contributed by atoms with Gasteiger partial charge in [0.05, 0.1) is 12.2 Å². The zero-order valence-corrected chi connectivity index (χ0v) is 14.8. The third kappa shape index (κ3) is 3.65. The number of benzene rings is 1. The van der Waals surface area contributed by atoms with Crippen LogP contribution >= 0.6 is 22.6 Å². The molecule has 1 fully saturated rings. The van der Waals surface area contributed by atoms with Gasteiger partial charge in [0, 0.05) is 22.6 Å². The maximum absolute atomic E-state index is 12.2. The molecule has 0 saturated carbocycles. The Morgan fingerprint density at radius 2 is 2.12 bits per heavy atom. The molecule has 7 nitrogen and oxygen atoms in total. The number of alkyl halides is 1. The standard InChI is InChI=1S/C16H16IN3O4/c17-9-12-11(21)8-14(24-12)20-7-6-13(19-16(20)23)18-15(22)10-4-2-1-3-5-10/h1-7,11-12,14,21H,8-9H2,(H,18,19,22,23)/t11-,12+,14+/m0/s1. The van der Waals surface area contributed by atoms with Crippen molar-refractivity contribution < 1.29 is 14.6 Å². The van der Waals surface area contributed by atoms with E-state index in [1.54, 1.807) is 24.3 Å². The van der Waals surface area contributed by atoms with Gasteiger partial charge in [-0.15, -0.1) is 0 Å². The molecule has 3 atom stereocenters. The minimum atomic E-state index is -0.601. The Kier molecular flexibility index (Phi) is 5.27. The topological polar surface area (TPSA) is 93.5 Å². The van der Waals surface area contributed by atoms with Gasteiger partial charge in [-0.3, -0.25) is 9.36 Å². The Bertz CT molecular complexity index is 780. The van der Waals surface area contributed by atoms with Crippen molar-refractivity contribution in [2.75, 3.05) is 9.74 Å². The highest BCUT2D eigenvalue weighted by Gasteiger charge is 2.34. The van der Waals surface area contributed by atoms with Crippen molar-refractivity contribution in [2.24, 2.45) is 0 Å². The van der Waals surface area contributed by atoms with E-state index in [4.69, 9.17) is 4.74 Å². The first-order valence-electron chi connectivity index (χ1n) is 7.43. The second kappa shape index (κ2) is 7.41. The molecule has 1 aromatic heterocycles. The summed E-state index contributed by atoms with van der Waals surface area (Å²) in [6.07, 6.45) is 0.420. The van der Waals surface area contributed by atoms with Gasteiger partial charge in [0.15, 0.2) is 0 Å². The van der Waals surface area contributed by atoms with Gasteiger partial charge in [0.1, 0.15) is 12.0 Å². The van der Waals surface area contributed by atoms with Crippen molar-refractivity contribution in [3.63, 3.8) is 0 Å². The fourth-order valence-corrected chi connectivity index (χ4v) is 3.30. The van der Waals surface area contributed by atoms with Crippen LogP contribution < -0.4 is 11.0 Å². The van der Waals surface area contributed by atoms with E-state index in [1.807, 2.05) is 6.07 Å². The molecule has 2 N–H and O–H groups in total. The maximum atomic E-state index is 12.2. The molecule has 2 aromatic rings. The molecule has 1 aromatic carbocycles. The van der Waals surface area contributed by atoms with E-state index in [0.29, 0.717) is 16.4 Å². The van der Waals surface area contributed by atoms with E-state index in [1.165, 1.54) is 16.8 Å². The highest BCUT2D eigenvalue weighted by atomic mass is 127. The molecule has 8 heteroatoms. The van der Waals surface area contributed by atoms with Gasteiger partial charge in [-0.1, -0.05) is 40.8 Å². The molecule has 0 radical (unpaired) electrons. The predicted octanol–water partition coefficient (Wildman–Crippen LogP) is 1.58. The number of rotatable bonds is 4. The quantitative estimate of drug-likeness (QED) is 0.555. The van der Waals surface area contributed by atoms with E-state index in [0.717, 1.165) is 0 Å². The van der Waals surface area contributed by atoms with Crippen LogP contribution in [-0.2, 0) is 4.74 Å². The van der Waals surface area contributed by atoms with Crippen LogP contribution in [0.2, 0.25) is 0 Å². The average molecular weight is 441 g/mol. The van der Waals surface area contributed by atoms with Gasteiger partial charge < -0.3 is 15.2 Å². The summed E-state index contributed by atoms with van der Waals surface area (Å²) in [5.41, 5.74) is -0.0530. The molecule has 0 bridgehead atoms. The smallest absolute Gasteiger partial charge is 0.351 e. The lowest BCUT2D eigenvalue weighted by Gasteiger charge is -2.14. The molecule has 24 heavy (non-hydrogen) atoms. The fourth-order valence-electron chi connectivity index (χ4n) is 2.50. The highest BCUT2D eigenvalue weighted by Crippen LogP contribution is 2.28. The van der Waals surface area contributed by atoms with Crippen molar-refractivity contribution in [3.8, 4) is 0 Å². The van der Waals surface area contributed by atoms with E-state index in [-0.39, 0.29) is 17.8 Å². The number of hydrogen-bond acceptors (Lipinski definition) is 5. The molecule has 1 amide bonds. The summed E-state index contributed by atoms with van der Waals surface area (Å²) in [6, 6.07) is 10.2. The van der Waals surface area contributed by atoms with Crippen molar-refractivity contribution >= 4 is 34.3 Å². The SMILES string of the molecule is O=C(Nc1ccn([C@H]2C[C@H](O)[C@@H](CI)O2)c(=O)n1)c1ccccc1. The largest absolute Gasteiger partial charge is 0.390 e. The van der Waals surface area contributed by atoms with Crippen LogP contribution in [0, 0.1) is 0 Å². The van der Waals surface area contributed by atoms with Crippen molar-refractivity contribution in [3.05, 3.63) is 58.6 Å². The normalized spacial score (nSPS) is 23.2. The zero-order valence-electron chi connectivity index (χ0n) is 12.6. The maximum Gasteiger partial charge on any atom is 0.351 e. The third-order valence-electron chi connectivity index (χ3n) is 3.77. The second-order valence-corrected chi connectivity index (χ2v) is 6.29. The number of anilines is 1. The fraction of sp³-hybridized carbons (Fsp3) is 0.312. The van der Waals surface area contributed by atoms with Crippen LogP contribution in [0.4, 0.5) is 5.82 Å². The average Bonchev–Trinajstić information content (AvgIpc) is 2.96. The monoisotopic (exact) mass is 441 g/mol. The number of aliphatic hydroxyl groups excluding tert-OH is 1. The van der Waals surface area contributed by atoms with E-state index >= 15 is 0 Å². The number of hydrogen-bond donors (Lipinski definition) is 2. The Balaban J connectivity index is 1.74. The predicted molar refractivity (Wildman–Crippen MR) is 96.3 cm³/mol. The number of nitrogens with zero attached hydrogens (tertiary/aromatic N) is 2. The number of nitrogens with one attached hydrogen (secondary N) is 1. The first-order chi connectivity index (χ1) is 11.6. The summed E-state index contributed by atoms with van der Waals surface area (Å²) in [4.78, 5) is 28.1. The number of carbonyl (C=O) groups is 1. The molecule has 0 aliphatic carbocycles. The van der Waals surface area contributed by atoms with Crippen molar-refractivity contribution in [1.82, 2.24) is 9.55 Å². The first kappa shape index (κ1) is 17.1. The summed E-state index contributed by atoms with van der Waals surface area (Å²) in [6.45, 7) is 0. The number of halogens is 1. The third-order valence-corrected chi connectivity index (χ3v) is 4.64. The van der Waals surface area contributed by atoms with Gasteiger partial charge in [0.2, 0.25) is 0 Å². The summed E-state index contributed by atoms with van der Waals surface area (Å²) >= 11 is 2.13. The van der Waals surface area contributed by atoms with Crippen LogP contribution in [0.25, 0.3) is 0 Å². The number of carbonyl (C=O) groups excluding carboxylic acids is 1. The van der Waals surface area contributed by atoms with Crippen LogP contribution in [0.3, 0.4) is 0 Å². The molecule has 1 saturated heterocycles. The molecule has 1 aliphatic heterocycles. The van der Waals surface area contributed by atoms with Crippen molar-refractivity contribution in [1.29, 1.82) is 0 Å². The molecule has 2 heterocycles. The van der Waals surface area contributed by atoms with Crippen LogP contribution in [0.5, 0.6) is 0 Å². The first-order valence-corrected chi connectivity index (χ1v) is 8.96. The van der Waals surface area contributed by atoms with Crippen LogP contribution in [-0.4, -0.2) is 37.2 Å². The molecule has 0 unspecified atom stereocenters. The zero-order chi connectivity index (χ0) is 17.1. The second-order valence-electron chi connectivity index (χ2n) is 5.41. The summed E-state index contributed by atoms with van der Waals surface area (Å²) < 4.78 is 7.63. The molecule has 3 rings (SSSR count).